The lowest BCUT2D eigenvalue weighted by Crippen LogP contribution is -2.54. The molecule has 1 aliphatic carbocycles. The van der Waals surface area contributed by atoms with Crippen LogP contribution < -0.4 is 5.73 Å². The van der Waals surface area contributed by atoms with Gasteiger partial charge in [-0.2, -0.15) is 0 Å². The molecule has 3 aliphatic heterocycles. The first-order valence-corrected chi connectivity index (χ1v) is 20.8. The van der Waals surface area contributed by atoms with Crippen molar-refractivity contribution in [3.8, 4) is 11.3 Å². The quantitative estimate of drug-likeness (QED) is 0.189. The maximum atomic E-state index is 14.1. The van der Waals surface area contributed by atoms with Gasteiger partial charge in [-0.3, -0.25) is 14.5 Å². The smallest absolute Gasteiger partial charge is 0.240 e. The number of aromatic amines is 2. The predicted molar refractivity (Wildman–Crippen MR) is 211 cm³/mol. The highest BCUT2D eigenvalue weighted by atomic mass is 16.3. The number of hydrogen-bond acceptors (Lipinski definition) is 7. The summed E-state index contributed by atoms with van der Waals surface area (Å²) in [6.07, 6.45) is 13.1. The minimum absolute atomic E-state index is 0.000235. The van der Waals surface area contributed by atoms with Crippen molar-refractivity contribution in [3.63, 3.8) is 0 Å². The molecule has 54 heavy (non-hydrogen) atoms. The maximum Gasteiger partial charge on any atom is 0.240 e. The summed E-state index contributed by atoms with van der Waals surface area (Å²) in [5.41, 5.74) is 11.0. The number of nitrogens with one attached hydrogen (secondary N) is 2. The average Bonchev–Trinajstić information content (AvgIpc) is 4.00. The second-order valence-corrected chi connectivity index (χ2v) is 18.2. The summed E-state index contributed by atoms with van der Waals surface area (Å²) in [4.78, 5) is 50.4. The van der Waals surface area contributed by atoms with Crippen molar-refractivity contribution in [2.45, 2.75) is 147 Å². The normalized spacial score (nSPS) is 28.3. The number of amides is 2. The molecule has 0 radical (unpaired) electrons. The summed E-state index contributed by atoms with van der Waals surface area (Å²) in [6.45, 7) is 16.0. The molecular weight excluding hydrogens is 677 g/mol. The van der Waals surface area contributed by atoms with Crippen molar-refractivity contribution in [1.82, 2.24) is 34.6 Å². The summed E-state index contributed by atoms with van der Waals surface area (Å²) < 4.78 is 0. The van der Waals surface area contributed by atoms with Gasteiger partial charge in [-0.15, -0.1) is 0 Å². The van der Waals surface area contributed by atoms with Crippen molar-refractivity contribution in [1.29, 1.82) is 0 Å². The fourth-order valence-electron chi connectivity index (χ4n) is 9.73. The van der Waals surface area contributed by atoms with Crippen molar-refractivity contribution in [3.05, 3.63) is 59.6 Å². The number of piperidine rings is 1. The second-order valence-electron chi connectivity index (χ2n) is 18.2. The van der Waals surface area contributed by atoms with Gasteiger partial charge >= 0.3 is 0 Å². The van der Waals surface area contributed by atoms with E-state index in [0.29, 0.717) is 0 Å². The second kappa shape index (κ2) is 15.5. The largest absolute Gasteiger partial charge is 0.393 e. The Morgan fingerprint density at radius 2 is 1.31 bits per heavy atom. The van der Waals surface area contributed by atoms with Gasteiger partial charge in [0.2, 0.25) is 11.8 Å². The van der Waals surface area contributed by atoms with Crippen LogP contribution in [0.3, 0.4) is 0 Å². The van der Waals surface area contributed by atoms with E-state index in [1.807, 2.05) is 31.1 Å². The van der Waals surface area contributed by atoms with E-state index in [9.17, 15) is 14.7 Å². The summed E-state index contributed by atoms with van der Waals surface area (Å²) in [5, 5.41) is 10.1. The number of imidazole rings is 2. The number of nitrogens with zero attached hydrogens (tertiary/aromatic N) is 5. The molecule has 4 atom stereocenters. The molecule has 0 bridgehead atoms. The summed E-state index contributed by atoms with van der Waals surface area (Å²) in [6, 6.07) is 8.26. The highest BCUT2D eigenvalue weighted by Crippen LogP contribution is 2.48. The number of aliphatic hydroxyl groups is 1. The van der Waals surface area contributed by atoms with Gasteiger partial charge in [-0.25, -0.2) is 9.97 Å². The molecule has 4 aliphatic rings. The van der Waals surface area contributed by atoms with Crippen LogP contribution in [0.15, 0.2) is 36.7 Å². The number of benzene rings is 1. The average molecular weight is 741 g/mol. The topological polar surface area (TPSA) is 147 Å². The van der Waals surface area contributed by atoms with Gasteiger partial charge < -0.3 is 30.6 Å². The van der Waals surface area contributed by atoms with Crippen LogP contribution in [0.4, 0.5) is 0 Å². The Hall–Kier alpha value is -3.54. The lowest BCUT2D eigenvalue weighted by Gasteiger charge is -2.43. The molecule has 11 heteroatoms. The molecule has 5 heterocycles. The van der Waals surface area contributed by atoms with E-state index in [-0.39, 0.29) is 58.7 Å². The van der Waals surface area contributed by atoms with E-state index in [4.69, 9.17) is 15.7 Å². The summed E-state index contributed by atoms with van der Waals surface area (Å²) in [7, 11) is 0. The number of carbonyl (C=O) groups excluding carboxylic acids is 2. The van der Waals surface area contributed by atoms with E-state index in [0.717, 1.165) is 113 Å². The van der Waals surface area contributed by atoms with Crippen LogP contribution in [-0.2, 0) is 20.4 Å². The van der Waals surface area contributed by atoms with Gasteiger partial charge in [0.05, 0.1) is 42.2 Å². The number of H-pyrrole nitrogens is 2. The van der Waals surface area contributed by atoms with Crippen LogP contribution in [0.1, 0.15) is 141 Å². The van der Waals surface area contributed by atoms with Gasteiger partial charge in [0.25, 0.3) is 0 Å². The molecule has 0 unspecified atom stereocenters. The van der Waals surface area contributed by atoms with E-state index in [2.05, 4.69) is 71.7 Å². The molecule has 0 spiro atoms. The zero-order valence-electron chi connectivity index (χ0n) is 33.5. The van der Waals surface area contributed by atoms with E-state index < -0.39 is 6.04 Å². The molecule has 1 aromatic carbocycles. The molecular formula is C43H64N8O3. The molecule has 4 fully saturated rings. The third-order valence-electron chi connectivity index (χ3n) is 13.7. The number of likely N-dealkylation sites (tertiary alicyclic amines) is 3. The van der Waals surface area contributed by atoms with Crippen LogP contribution >= 0.6 is 0 Å². The summed E-state index contributed by atoms with van der Waals surface area (Å²) in [5.74, 6) is 2.28. The lowest BCUT2D eigenvalue weighted by molar-refractivity contribution is -0.141. The molecule has 7 rings (SSSR count). The predicted octanol–water partition coefficient (Wildman–Crippen LogP) is 6.38. The molecule has 2 amide bonds. The van der Waals surface area contributed by atoms with Gasteiger partial charge in [0, 0.05) is 43.5 Å². The van der Waals surface area contributed by atoms with Crippen molar-refractivity contribution >= 4 is 11.8 Å². The third kappa shape index (κ3) is 7.52. The van der Waals surface area contributed by atoms with Gasteiger partial charge in [-0.1, -0.05) is 65.8 Å². The van der Waals surface area contributed by atoms with E-state index in [1.165, 1.54) is 11.3 Å². The van der Waals surface area contributed by atoms with Gasteiger partial charge in [-0.05, 0) is 92.6 Å². The van der Waals surface area contributed by atoms with Crippen LogP contribution in [0.5, 0.6) is 0 Å². The van der Waals surface area contributed by atoms with Crippen molar-refractivity contribution < 1.29 is 14.7 Å². The minimum Gasteiger partial charge on any atom is -0.393 e. The fourth-order valence-corrected chi connectivity index (χ4v) is 9.73. The number of carbonyl (C=O) groups is 2. The van der Waals surface area contributed by atoms with Crippen LogP contribution in [0.25, 0.3) is 11.3 Å². The zero-order chi connectivity index (χ0) is 38.4. The number of rotatable bonds is 10. The highest BCUT2D eigenvalue weighted by molar-refractivity contribution is 5.83. The maximum absolute atomic E-state index is 14.1. The molecule has 2 aromatic heterocycles. The van der Waals surface area contributed by atoms with E-state index >= 15 is 0 Å². The molecule has 3 aromatic rings. The first-order valence-electron chi connectivity index (χ1n) is 20.8. The van der Waals surface area contributed by atoms with Gasteiger partial charge in [0.1, 0.15) is 11.6 Å². The number of aromatic nitrogens is 4. The SMILES string of the molecule is CC(C)[C@H](N)C(=O)N1CCC[C@H]1c1ncc(C2(C)CCC(C)(c3ccc(-c4cnc([C@@H]5CCCN5C(=O)[C@H](C(C)C)N5CCC(O)CC5)[nH]4)cc3)CC2)[nH]1. The fraction of sp³-hybridized carbons (Fsp3) is 0.674. The Labute approximate surface area is 321 Å². The number of hydrogen-bond donors (Lipinski definition) is 4. The van der Waals surface area contributed by atoms with Crippen LogP contribution in [0, 0.1) is 11.8 Å². The Morgan fingerprint density at radius 1 is 0.759 bits per heavy atom. The first-order chi connectivity index (χ1) is 25.8. The molecule has 1 saturated carbocycles. The lowest BCUT2D eigenvalue weighted by atomic mass is 9.62. The molecule has 11 nitrogen and oxygen atoms in total. The van der Waals surface area contributed by atoms with Crippen LogP contribution in [0.2, 0.25) is 0 Å². The molecule has 5 N–H and O–H groups in total. The van der Waals surface area contributed by atoms with E-state index in [1.54, 1.807) is 0 Å². The van der Waals surface area contributed by atoms with Crippen molar-refractivity contribution in [2.24, 2.45) is 17.6 Å². The summed E-state index contributed by atoms with van der Waals surface area (Å²) >= 11 is 0. The Bertz CT molecular complexity index is 1750. The zero-order valence-corrected chi connectivity index (χ0v) is 33.5. The Kier molecular flexibility index (Phi) is 11.1. The molecule has 294 valence electrons. The number of nitrogens with two attached hydrogens (primary N) is 1. The minimum atomic E-state index is -0.482. The highest BCUT2D eigenvalue weighted by Gasteiger charge is 2.43. The third-order valence-corrected chi connectivity index (χ3v) is 13.7. The monoisotopic (exact) mass is 741 g/mol. The number of aliphatic hydroxyl groups excluding tert-OH is 1. The Balaban J connectivity index is 0.985. The molecule has 3 saturated heterocycles. The Morgan fingerprint density at radius 3 is 1.91 bits per heavy atom. The first kappa shape index (κ1) is 38.7. The standard InChI is InChI=1S/C43H64N8O3/c1-27(2)36(44)40(53)50-21-7-10-34(50)39-46-26-35(48-39)43(6)19-17-42(5,18-20-43)30-13-11-29(12-14-30)32-25-45-38(47-32)33-9-8-22-51(33)41(54)37(28(3)4)49-23-15-31(52)16-24-49/h11-14,25-28,31,33-34,36-37,52H,7-10,15-24,44H2,1-6H3,(H,45,47)(H,46,48)/t33-,34-,36-,37-,42?,43?/m0/s1. The van der Waals surface area contributed by atoms with Gasteiger partial charge in [0.15, 0.2) is 0 Å². The van der Waals surface area contributed by atoms with Crippen molar-refractivity contribution in [2.75, 3.05) is 26.2 Å². The van der Waals surface area contributed by atoms with Crippen LogP contribution in [-0.4, -0.2) is 95.9 Å².